The minimum absolute atomic E-state index is 0.00842. The molecule has 1 N–H and O–H groups in total. The van der Waals surface area contributed by atoms with Crippen molar-refractivity contribution in [2.24, 2.45) is 0 Å². The minimum Gasteiger partial charge on any atom is -0.356 e. The van der Waals surface area contributed by atoms with Crippen LogP contribution >= 0.6 is 0 Å². The number of carbonyl (C=O) groups is 1. The van der Waals surface area contributed by atoms with Gasteiger partial charge in [-0.3, -0.25) is 8.98 Å². The molecule has 7 heteroatoms. The average molecular weight is 352 g/mol. The highest BCUT2D eigenvalue weighted by molar-refractivity contribution is 7.81. The minimum atomic E-state index is -3.86. The van der Waals surface area contributed by atoms with E-state index in [1.165, 1.54) is 44.9 Å². The molecule has 138 valence electrons. The summed E-state index contributed by atoms with van der Waals surface area (Å²) in [6, 6.07) is 0. The lowest BCUT2D eigenvalue weighted by Gasteiger charge is -2.06. The van der Waals surface area contributed by atoms with E-state index in [1.807, 2.05) is 0 Å². The van der Waals surface area contributed by atoms with Crippen molar-refractivity contribution in [2.75, 3.05) is 20.3 Å². The molecule has 1 amide bonds. The van der Waals surface area contributed by atoms with Gasteiger partial charge in [-0.1, -0.05) is 58.3 Å². The lowest BCUT2D eigenvalue weighted by atomic mass is 10.1. The fraction of sp³-hybridized carbons (Fsp3) is 0.938. The Morgan fingerprint density at radius 1 is 0.913 bits per heavy atom. The summed E-state index contributed by atoms with van der Waals surface area (Å²) in [5.41, 5.74) is 0. The molecule has 6 nitrogen and oxygen atoms in total. The van der Waals surface area contributed by atoms with Gasteiger partial charge in [0.2, 0.25) is 5.91 Å². The van der Waals surface area contributed by atoms with E-state index in [4.69, 9.17) is 0 Å². The summed E-state index contributed by atoms with van der Waals surface area (Å²) in [5.74, 6) is 0.0162. The van der Waals surface area contributed by atoms with Crippen LogP contribution < -0.4 is 5.32 Å². The van der Waals surface area contributed by atoms with Gasteiger partial charge in [0, 0.05) is 13.0 Å². The number of nitrogens with one attached hydrogen (secondary N) is 1. The molecule has 23 heavy (non-hydrogen) atoms. The fourth-order valence-electron chi connectivity index (χ4n) is 2.19. The lowest BCUT2D eigenvalue weighted by Crippen LogP contribution is -2.25. The van der Waals surface area contributed by atoms with E-state index < -0.39 is 10.4 Å². The first kappa shape index (κ1) is 22.3. The van der Waals surface area contributed by atoms with Gasteiger partial charge < -0.3 is 5.32 Å². The molecule has 0 saturated carbocycles. The van der Waals surface area contributed by atoms with Crippen LogP contribution in [0.3, 0.4) is 0 Å². The van der Waals surface area contributed by atoms with Gasteiger partial charge in [0.25, 0.3) is 0 Å². The maximum Gasteiger partial charge on any atom is 0.399 e. The lowest BCUT2D eigenvalue weighted by molar-refractivity contribution is -0.121. The summed E-state index contributed by atoms with van der Waals surface area (Å²) in [5, 5.41) is 2.76. The third-order valence-electron chi connectivity index (χ3n) is 3.58. The number of hydrogen-bond donors (Lipinski definition) is 1. The highest BCUT2D eigenvalue weighted by Gasteiger charge is 2.08. The van der Waals surface area contributed by atoms with Crippen molar-refractivity contribution in [3.05, 3.63) is 0 Å². The Hall–Kier alpha value is -0.660. The molecule has 0 heterocycles. The predicted molar refractivity (Wildman–Crippen MR) is 91.4 cm³/mol. The van der Waals surface area contributed by atoms with E-state index in [0.29, 0.717) is 19.4 Å². The smallest absolute Gasteiger partial charge is 0.356 e. The second-order valence-electron chi connectivity index (χ2n) is 5.68. The zero-order valence-corrected chi connectivity index (χ0v) is 15.5. The third kappa shape index (κ3) is 16.0. The SMILES string of the molecule is CCCCCCCCCCCC(=O)NCCCOS(=O)(=O)OC. The number of amides is 1. The largest absolute Gasteiger partial charge is 0.399 e. The summed E-state index contributed by atoms with van der Waals surface area (Å²) in [6.07, 6.45) is 12.0. The molecule has 0 aromatic rings. The Kier molecular flexibility index (Phi) is 14.5. The van der Waals surface area contributed by atoms with Crippen LogP contribution in [0.1, 0.15) is 77.6 Å². The van der Waals surface area contributed by atoms with Gasteiger partial charge in [0.1, 0.15) is 0 Å². The fourth-order valence-corrected chi connectivity index (χ4v) is 2.61. The summed E-state index contributed by atoms with van der Waals surface area (Å²) < 4.78 is 30.4. The Bertz CT molecular complexity index is 384. The van der Waals surface area contributed by atoms with Crippen molar-refractivity contribution in [3.8, 4) is 0 Å². The van der Waals surface area contributed by atoms with Gasteiger partial charge in [-0.2, -0.15) is 8.42 Å². The first-order chi connectivity index (χ1) is 11.0. The zero-order valence-electron chi connectivity index (χ0n) is 14.6. The number of carbonyl (C=O) groups excluding carboxylic acids is 1. The summed E-state index contributed by atoms with van der Waals surface area (Å²) in [6.45, 7) is 2.64. The van der Waals surface area contributed by atoms with Crippen LogP contribution in [0.4, 0.5) is 0 Å². The number of rotatable bonds is 16. The van der Waals surface area contributed by atoms with Crippen molar-refractivity contribution < 1.29 is 21.6 Å². The standard InChI is InChI=1S/C16H33NO5S/c1-3-4-5-6-7-8-9-10-11-13-16(18)17-14-12-15-22-23(19,20)21-2/h3-15H2,1-2H3,(H,17,18). The van der Waals surface area contributed by atoms with E-state index in [9.17, 15) is 13.2 Å². The second kappa shape index (κ2) is 14.9. The van der Waals surface area contributed by atoms with Gasteiger partial charge in [-0.15, -0.1) is 0 Å². The highest BCUT2D eigenvalue weighted by atomic mass is 32.3. The van der Waals surface area contributed by atoms with E-state index in [0.717, 1.165) is 20.0 Å². The maximum atomic E-state index is 11.6. The van der Waals surface area contributed by atoms with Crippen LogP contribution in [0, 0.1) is 0 Å². The molecule has 0 rings (SSSR count). The third-order valence-corrected chi connectivity index (χ3v) is 4.45. The monoisotopic (exact) mass is 351 g/mol. The summed E-state index contributed by atoms with van der Waals surface area (Å²) in [4.78, 5) is 11.6. The molecular formula is C16H33NO5S. The molecule has 0 aromatic carbocycles. The molecule has 0 aromatic heterocycles. The first-order valence-corrected chi connectivity index (χ1v) is 10.1. The first-order valence-electron chi connectivity index (χ1n) is 8.73. The second-order valence-corrected chi connectivity index (χ2v) is 7.06. The van der Waals surface area contributed by atoms with Crippen molar-refractivity contribution in [3.63, 3.8) is 0 Å². The van der Waals surface area contributed by atoms with Gasteiger partial charge >= 0.3 is 10.4 Å². The molecule has 0 aliphatic heterocycles. The Morgan fingerprint density at radius 2 is 1.48 bits per heavy atom. The van der Waals surface area contributed by atoms with Crippen molar-refractivity contribution >= 4 is 16.3 Å². The normalized spacial score (nSPS) is 11.6. The van der Waals surface area contributed by atoms with E-state index >= 15 is 0 Å². The zero-order chi connectivity index (χ0) is 17.4. The van der Waals surface area contributed by atoms with Gasteiger partial charge in [0.15, 0.2) is 0 Å². The van der Waals surface area contributed by atoms with Gasteiger partial charge in [-0.25, -0.2) is 4.18 Å². The molecule has 0 saturated heterocycles. The highest BCUT2D eigenvalue weighted by Crippen LogP contribution is 2.10. The van der Waals surface area contributed by atoms with Crippen LogP contribution in [-0.2, 0) is 23.6 Å². The van der Waals surface area contributed by atoms with E-state index in [2.05, 4.69) is 20.6 Å². The van der Waals surface area contributed by atoms with E-state index in [-0.39, 0.29) is 12.5 Å². The quantitative estimate of drug-likeness (QED) is 0.431. The van der Waals surface area contributed by atoms with Crippen molar-refractivity contribution in [2.45, 2.75) is 77.6 Å². The number of hydrogen-bond acceptors (Lipinski definition) is 5. The van der Waals surface area contributed by atoms with Crippen molar-refractivity contribution in [1.82, 2.24) is 5.32 Å². The predicted octanol–water partition coefficient (Wildman–Crippen LogP) is 3.32. The molecule has 0 unspecified atom stereocenters. The summed E-state index contributed by atoms with van der Waals surface area (Å²) >= 11 is 0. The summed E-state index contributed by atoms with van der Waals surface area (Å²) in [7, 11) is -2.82. The molecule has 0 fully saturated rings. The van der Waals surface area contributed by atoms with E-state index in [1.54, 1.807) is 0 Å². The van der Waals surface area contributed by atoms with Crippen LogP contribution in [0.5, 0.6) is 0 Å². The Labute approximate surface area is 141 Å². The molecule has 0 bridgehead atoms. The van der Waals surface area contributed by atoms with Crippen LogP contribution in [0.25, 0.3) is 0 Å². The molecule has 0 radical (unpaired) electrons. The maximum absolute atomic E-state index is 11.6. The average Bonchev–Trinajstić information content (AvgIpc) is 2.53. The molecular weight excluding hydrogens is 318 g/mol. The molecule has 0 aliphatic carbocycles. The molecule has 0 aliphatic rings. The van der Waals surface area contributed by atoms with Crippen LogP contribution in [0.15, 0.2) is 0 Å². The van der Waals surface area contributed by atoms with Gasteiger partial charge in [-0.05, 0) is 12.8 Å². The Balaban J connectivity index is 3.31. The number of unbranched alkanes of at least 4 members (excludes halogenated alkanes) is 8. The van der Waals surface area contributed by atoms with Crippen molar-refractivity contribution in [1.29, 1.82) is 0 Å². The topological polar surface area (TPSA) is 81.7 Å². The van der Waals surface area contributed by atoms with Gasteiger partial charge in [0.05, 0.1) is 13.7 Å². The van der Waals surface area contributed by atoms with Crippen LogP contribution in [-0.4, -0.2) is 34.6 Å². The molecule has 0 atom stereocenters. The molecule has 0 spiro atoms. The van der Waals surface area contributed by atoms with Crippen LogP contribution in [0.2, 0.25) is 0 Å². The Morgan fingerprint density at radius 3 is 2.04 bits per heavy atom.